The van der Waals surface area contributed by atoms with Gasteiger partial charge in [-0.05, 0) is 136 Å². The standard InChI is InChI=1S/C15H31NO3.C13H28.C12H26O.C11H24O2.C11H22O.C10H22O.C9H20O/c1-13(2)5-6-15(17)16-8-10-19-12-11-18-9-7-14(3)4;1-12(2)10-8-6-5-7-9-11-13(3)4;1-11(2)9-7-5-6-8-10-13-12(3)4;1-10(2)5-6-12-7-8-13-9-11(3)4;1-9(2)7-5-6-8-11(12)10(3)4;1-9(2)6-5-7-11-8-10(3)4;1-8(2)5-6-10-7-9(3)4/h13-14H,5-12H2,1-4H3,(H,16,17);12-13H,5-11H2,1-4H3;11-12H,5-10H2,1-4H3;10-11H,5-9H2,1-4H3;9-10H,5-8H2,1-4H3;9-10H,5-8H2,1-4H3;8-9H,5-7H2,1-4H3. The number of ether oxygens (including phenoxy) is 7. The molecular formula is C81H173NO9. The molecule has 0 aromatic heterocycles. The molecule has 0 radical (unpaired) electrons. The van der Waals surface area contributed by atoms with E-state index in [4.69, 9.17) is 33.2 Å². The molecule has 0 aliphatic carbocycles. The predicted molar refractivity (Wildman–Crippen MR) is 403 cm³/mol. The van der Waals surface area contributed by atoms with E-state index in [1.54, 1.807) is 0 Å². The first-order valence-corrected chi connectivity index (χ1v) is 38.6. The molecule has 0 fully saturated rings. The number of amides is 1. The number of ketones is 1. The molecule has 10 heteroatoms. The second-order valence-corrected chi connectivity index (χ2v) is 31.5. The molecule has 0 atom stereocenters. The Bertz CT molecular complexity index is 1210. The van der Waals surface area contributed by atoms with Crippen LogP contribution in [-0.2, 0) is 42.7 Å². The molecular weight excluding hydrogens is 1130 g/mol. The van der Waals surface area contributed by atoms with Crippen LogP contribution >= 0.6 is 0 Å². The highest BCUT2D eigenvalue weighted by Gasteiger charge is 2.07. The van der Waals surface area contributed by atoms with Gasteiger partial charge in [0.1, 0.15) is 5.78 Å². The van der Waals surface area contributed by atoms with Gasteiger partial charge in [-0.3, -0.25) is 9.59 Å². The van der Waals surface area contributed by atoms with Crippen molar-refractivity contribution in [2.45, 2.75) is 348 Å². The van der Waals surface area contributed by atoms with Gasteiger partial charge in [-0.15, -0.1) is 0 Å². The van der Waals surface area contributed by atoms with Gasteiger partial charge >= 0.3 is 0 Å². The topological polar surface area (TPSA) is 111 Å². The maximum atomic E-state index is 11.4. The first-order chi connectivity index (χ1) is 42.7. The molecule has 0 aromatic rings. The maximum absolute atomic E-state index is 11.4. The van der Waals surface area contributed by atoms with Crippen LogP contribution in [0.25, 0.3) is 0 Å². The Morgan fingerprint density at radius 3 is 0.901 bits per heavy atom. The molecule has 1 amide bonds. The Morgan fingerprint density at radius 1 is 0.253 bits per heavy atom. The molecule has 0 aromatic carbocycles. The Balaban J connectivity index is -0.000000183. The van der Waals surface area contributed by atoms with E-state index >= 15 is 0 Å². The van der Waals surface area contributed by atoms with Crippen molar-refractivity contribution >= 4 is 11.7 Å². The Kier molecular flexibility index (Phi) is 92.3. The highest BCUT2D eigenvalue weighted by atomic mass is 16.5. The summed E-state index contributed by atoms with van der Waals surface area (Å²) >= 11 is 0. The molecule has 0 aliphatic heterocycles. The molecule has 0 unspecified atom stereocenters. The van der Waals surface area contributed by atoms with Gasteiger partial charge < -0.3 is 38.5 Å². The van der Waals surface area contributed by atoms with Crippen LogP contribution in [0.4, 0.5) is 0 Å². The molecule has 0 heterocycles. The van der Waals surface area contributed by atoms with Crippen LogP contribution in [0.3, 0.4) is 0 Å². The Hall–Kier alpha value is -1.14. The minimum absolute atomic E-state index is 0.116. The van der Waals surface area contributed by atoms with Gasteiger partial charge in [0.25, 0.3) is 0 Å². The van der Waals surface area contributed by atoms with E-state index < -0.39 is 0 Å². The van der Waals surface area contributed by atoms with Crippen molar-refractivity contribution < 1.29 is 42.7 Å². The molecule has 1 N–H and O–H groups in total. The molecule has 0 rings (SSSR count). The molecule has 0 saturated carbocycles. The van der Waals surface area contributed by atoms with Crippen LogP contribution in [0.2, 0.25) is 0 Å². The number of rotatable bonds is 53. The van der Waals surface area contributed by atoms with Gasteiger partial charge in [0.15, 0.2) is 0 Å². The van der Waals surface area contributed by atoms with Gasteiger partial charge in [-0.1, -0.05) is 263 Å². The van der Waals surface area contributed by atoms with Crippen molar-refractivity contribution in [3.05, 3.63) is 0 Å². The van der Waals surface area contributed by atoms with Crippen LogP contribution in [0.5, 0.6) is 0 Å². The highest BCUT2D eigenvalue weighted by Crippen LogP contribution is 2.15. The summed E-state index contributed by atoms with van der Waals surface area (Å²) in [5.74, 6) is 9.75. The number of carbonyl (C=O) groups is 2. The summed E-state index contributed by atoms with van der Waals surface area (Å²) in [6.07, 6.45) is 29.0. The number of carbonyl (C=O) groups excluding carboxylic acids is 2. The smallest absolute Gasteiger partial charge is 0.220 e. The van der Waals surface area contributed by atoms with Gasteiger partial charge in [-0.25, -0.2) is 0 Å². The predicted octanol–water partition coefficient (Wildman–Crippen LogP) is 23.6. The lowest BCUT2D eigenvalue weighted by molar-refractivity contribution is -0.122. The minimum atomic E-state index is 0.116. The number of unbranched alkanes of at least 4 members (excludes halogenated alkanes) is 8. The Morgan fingerprint density at radius 2 is 0.549 bits per heavy atom. The van der Waals surface area contributed by atoms with Crippen LogP contribution in [0.15, 0.2) is 0 Å². The largest absolute Gasteiger partial charge is 0.381 e. The second kappa shape index (κ2) is 81.3. The third kappa shape index (κ3) is 130. The average molecular weight is 1310 g/mol. The first kappa shape index (κ1) is 103. The maximum Gasteiger partial charge on any atom is 0.220 e. The van der Waals surface area contributed by atoms with Crippen LogP contribution in [-0.4, -0.2) is 110 Å². The number of nitrogens with one attached hydrogen (secondary N) is 1. The zero-order valence-electron chi connectivity index (χ0n) is 67.4. The van der Waals surface area contributed by atoms with E-state index in [-0.39, 0.29) is 11.8 Å². The van der Waals surface area contributed by atoms with Gasteiger partial charge in [0.05, 0.1) is 39.1 Å². The summed E-state index contributed by atoms with van der Waals surface area (Å²) < 4.78 is 37.9. The van der Waals surface area contributed by atoms with E-state index in [0.29, 0.717) is 74.3 Å². The monoisotopic (exact) mass is 1300 g/mol. The number of Topliss-reactive ketones (excluding diaryl/α,β-unsaturated/α-hetero) is 1. The second-order valence-electron chi connectivity index (χ2n) is 31.5. The summed E-state index contributed by atoms with van der Waals surface area (Å²) in [5.41, 5.74) is 0. The van der Waals surface area contributed by atoms with Crippen molar-refractivity contribution in [2.24, 2.45) is 76.9 Å². The minimum Gasteiger partial charge on any atom is -0.381 e. The number of hydrogen-bond donors (Lipinski definition) is 1. The average Bonchev–Trinajstić information content (AvgIpc) is 3.50. The lowest BCUT2D eigenvalue weighted by atomic mass is 10.0. The summed E-state index contributed by atoms with van der Waals surface area (Å²) in [5, 5.41) is 2.85. The molecule has 0 aliphatic rings. The summed E-state index contributed by atoms with van der Waals surface area (Å²) in [7, 11) is 0. The van der Waals surface area contributed by atoms with E-state index in [0.717, 1.165) is 140 Å². The summed E-state index contributed by atoms with van der Waals surface area (Å²) in [6, 6.07) is 0. The van der Waals surface area contributed by atoms with Crippen molar-refractivity contribution in [3.8, 4) is 0 Å². The zero-order chi connectivity index (χ0) is 71.1. The Labute approximate surface area is 574 Å². The van der Waals surface area contributed by atoms with Crippen molar-refractivity contribution in [2.75, 3.05) is 92.4 Å². The fourth-order valence-corrected chi connectivity index (χ4v) is 7.92. The fourth-order valence-electron chi connectivity index (χ4n) is 7.92. The lowest BCUT2D eigenvalue weighted by Crippen LogP contribution is -2.27. The molecule has 10 nitrogen and oxygen atoms in total. The third-order valence-electron chi connectivity index (χ3n) is 14.0. The van der Waals surface area contributed by atoms with Crippen molar-refractivity contribution in [3.63, 3.8) is 0 Å². The quantitative estimate of drug-likeness (QED) is 0.0595. The first-order valence-electron chi connectivity index (χ1n) is 38.6. The van der Waals surface area contributed by atoms with E-state index in [1.807, 2.05) is 13.8 Å². The summed E-state index contributed by atoms with van der Waals surface area (Å²) in [4.78, 5) is 22.6. The fraction of sp³-hybridized carbons (Fsp3) is 0.975. The summed E-state index contributed by atoms with van der Waals surface area (Å²) in [6.45, 7) is 72.4. The third-order valence-corrected chi connectivity index (χ3v) is 14.0. The zero-order valence-corrected chi connectivity index (χ0v) is 67.4. The lowest BCUT2D eigenvalue weighted by Gasteiger charge is -2.08. The molecule has 0 spiro atoms. The van der Waals surface area contributed by atoms with Crippen molar-refractivity contribution in [1.82, 2.24) is 5.32 Å². The van der Waals surface area contributed by atoms with Crippen molar-refractivity contribution in [1.29, 1.82) is 0 Å². The normalized spacial score (nSPS) is 11.4. The number of hydrogen-bond acceptors (Lipinski definition) is 9. The van der Waals surface area contributed by atoms with Crippen LogP contribution < -0.4 is 5.32 Å². The van der Waals surface area contributed by atoms with E-state index in [9.17, 15) is 9.59 Å². The van der Waals surface area contributed by atoms with E-state index in [1.165, 1.54) is 109 Å². The van der Waals surface area contributed by atoms with Gasteiger partial charge in [0, 0.05) is 78.2 Å². The molecule has 556 valence electrons. The van der Waals surface area contributed by atoms with Gasteiger partial charge in [0.2, 0.25) is 5.91 Å². The van der Waals surface area contributed by atoms with Crippen LogP contribution in [0, 0.1) is 76.9 Å². The van der Waals surface area contributed by atoms with Crippen LogP contribution in [0.1, 0.15) is 342 Å². The molecule has 0 bridgehead atoms. The van der Waals surface area contributed by atoms with E-state index in [2.05, 4.69) is 185 Å². The molecule has 0 saturated heterocycles. The van der Waals surface area contributed by atoms with Gasteiger partial charge in [-0.2, -0.15) is 0 Å². The highest BCUT2D eigenvalue weighted by molar-refractivity contribution is 5.80. The molecule has 91 heavy (non-hydrogen) atoms. The SMILES string of the molecule is CC(C)CCCCC(=O)C(C)C.CC(C)CCCCCCCC(C)C.CC(C)CCCCCCOC(C)C.CC(C)CCCOCC(C)C.CC(C)CCOCC(C)C.CC(C)CCOCCOCC(C)C.CC(C)CCOCCOCCNC(=O)CCC(C)C.